The first-order chi connectivity index (χ1) is 11.9. The van der Waals surface area contributed by atoms with Crippen LogP contribution in [0.2, 0.25) is 0 Å². The summed E-state index contributed by atoms with van der Waals surface area (Å²) < 4.78 is 27.4. The largest absolute Gasteiger partial charge is 0.341 e. The van der Waals surface area contributed by atoms with Gasteiger partial charge in [-0.25, -0.2) is 13.8 Å². The summed E-state index contributed by atoms with van der Waals surface area (Å²) in [6, 6.07) is 9.70. The molecule has 0 aliphatic carbocycles. The van der Waals surface area contributed by atoms with Crippen LogP contribution in [0.5, 0.6) is 0 Å². The standard InChI is InChI=1S/C19H22F2N4.2ClH/c1-11(2)12-3-4-13(15(21)7-12)8-18(22)23-10-19-24-16-6-5-14(20)9-17(16)25-19;;/h3-7,9,11,18,23H,8,10,22H2,1-2H3,(H,24,25);2*1H. The van der Waals surface area contributed by atoms with Gasteiger partial charge in [-0.1, -0.05) is 26.0 Å². The van der Waals surface area contributed by atoms with E-state index in [1.54, 1.807) is 18.2 Å². The van der Waals surface area contributed by atoms with Crippen molar-refractivity contribution in [2.75, 3.05) is 0 Å². The van der Waals surface area contributed by atoms with Crippen LogP contribution in [-0.2, 0) is 13.0 Å². The van der Waals surface area contributed by atoms with Gasteiger partial charge in [0.05, 0.1) is 23.7 Å². The summed E-state index contributed by atoms with van der Waals surface area (Å²) >= 11 is 0. The first kappa shape index (κ1) is 23.3. The highest BCUT2D eigenvalue weighted by Crippen LogP contribution is 2.18. The second-order valence-corrected chi connectivity index (χ2v) is 6.54. The third-order valence-corrected chi connectivity index (χ3v) is 4.21. The lowest BCUT2D eigenvalue weighted by Gasteiger charge is -2.14. The zero-order valence-electron chi connectivity index (χ0n) is 15.1. The Morgan fingerprint density at radius 2 is 1.85 bits per heavy atom. The number of H-pyrrole nitrogens is 1. The number of benzene rings is 2. The van der Waals surface area contributed by atoms with Gasteiger partial charge in [-0.3, -0.25) is 5.32 Å². The number of aromatic nitrogens is 2. The van der Waals surface area contributed by atoms with Crippen molar-refractivity contribution in [1.29, 1.82) is 0 Å². The van der Waals surface area contributed by atoms with E-state index in [0.29, 0.717) is 29.9 Å². The average Bonchev–Trinajstić information content (AvgIpc) is 2.96. The first-order valence-corrected chi connectivity index (χ1v) is 8.34. The Balaban J connectivity index is 0.00000182. The topological polar surface area (TPSA) is 66.7 Å². The number of hydrogen-bond donors (Lipinski definition) is 3. The van der Waals surface area contributed by atoms with Crippen molar-refractivity contribution < 1.29 is 8.78 Å². The van der Waals surface area contributed by atoms with E-state index in [4.69, 9.17) is 5.73 Å². The zero-order chi connectivity index (χ0) is 18.0. The van der Waals surface area contributed by atoms with Gasteiger partial charge < -0.3 is 10.7 Å². The molecule has 4 N–H and O–H groups in total. The number of rotatable bonds is 6. The van der Waals surface area contributed by atoms with Gasteiger partial charge in [0, 0.05) is 12.5 Å². The van der Waals surface area contributed by atoms with Crippen LogP contribution < -0.4 is 11.1 Å². The highest BCUT2D eigenvalue weighted by molar-refractivity contribution is 5.85. The SMILES string of the molecule is CC(C)c1ccc(CC(N)NCc2nc3cc(F)ccc3[nH]2)c(F)c1.Cl.Cl. The lowest BCUT2D eigenvalue weighted by Crippen LogP contribution is -2.39. The van der Waals surface area contributed by atoms with Crippen molar-refractivity contribution in [1.82, 2.24) is 15.3 Å². The number of nitrogens with zero attached hydrogens (tertiary/aromatic N) is 1. The molecule has 0 fully saturated rings. The summed E-state index contributed by atoms with van der Waals surface area (Å²) in [4.78, 5) is 7.42. The number of hydrogen-bond acceptors (Lipinski definition) is 3. The normalized spacial score (nSPS) is 11.9. The molecule has 0 saturated heterocycles. The molecule has 4 nitrogen and oxygen atoms in total. The Morgan fingerprint density at radius 3 is 2.52 bits per heavy atom. The number of halogens is 4. The van der Waals surface area contributed by atoms with Crippen LogP contribution in [0.1, 0.15) is 36.7 Å². The summed E-state index contributed by atoms with van der Waals surface area (Å²) in [6.45, 7) is 4.45. The van der Waals surface area contributed by atoms with Gasteiger partial charge >= 0.3 is 0 Å². The number of nitrogens with two attached hydrogens (primary N) is 1. The van der Waals surface area contributed by atoms with Gasteiger partial charge in [0.15, 0.2) is 0 Å². The molecule has 0 aliphatic rings. The minimum Gasteiger partial charge on any atom is -0.341 e. The molecule has 0 amide bonds. The van der Waals surface area contributed by atoms with Crippen LogP contribution in [0.4, 0.5) is 8.78 Å². The van der Waals surface area contributed by atoms with Gasteiger partial charge in [0.25, 0.3) is 0 Å². The second-order valence-electron chi connectivity index (χ2n) is 6.54. The quantitative estimate of drug-likeness (QED) is 0.520. The molecule has 0 saturated carbocycles. The van der Waals surface area contributed by atoms with E-state index < -0.39 is 6.17 Å². The summed E-state index contributed by atoms with van der Waals surface area (Å²) in [7, 11) is 0. The molecule has 0 aliphatic heterocycles. The minimum absolute atomic E-state index is 0. The minimum atomic E-state index is -0.413. The molecule has 0 radical (unpaired) electrons. The first-order valence-electron chi connectivity index (χ1n) is 8.34. The Hall–Kier alpha value is -1.73. The molecule has 0 spiro atoms. The highest BCUT2D eigenvalue weighted by atomic mass is 35.5. The van der Waals surface area contributed by atoms with Crippen LogP contribution in [-0.4, -0.2) is 16.1 Å². The van der Waals surface area contributed by atoms with Crippen molar-refractivity contribution in [3.05, 3.63) is 65.0 Å². The van der Waals surface area contributed by atoms with Gasteiger partial charge in [-0.2, -0.15) is 0 Å². The predicted octanol–water partition coefficient (Wildman–Crippen LogP) is 4.43. The Morgan fingerprint density at radius 1 is 1.11 bits per heavy atom. The van der Waals surface area contributed by atoms with Crippen LogP contribution in [0.15, 0.2) is 36.4 Å². The molecule has 3 aromatic rings. The Kier molecular flexibility index (Phi) is 8.62. The maximum atomic E-state index is 14.2. The number of fused-ring (bicyclic) bond motifs is 1. The lowest BCUT2D eigenvalue weighted by molar-refractivity contribution is 0.501. The monoisotopic (exact) mass is 416 g/mol. The fraction of sp³-hybridized carbons (Fsp3) is 0.316. The lowest BCUT2D eigenvalue weighted by atomic mass is 10.00. The van der Waals surface area contributed by atoms with Gasteiger partial charge in [0.1, 0.15) is 17.5 Å². The highest BCUT2D eigenvalue weighted by Gasteiger charge is 2.11. The molecule has 27 heavy (non-hydrogen) atoms. The summed E-state index contributed by atoms with van der Waals surface area (Å²) in [5, 5.41) is 3.11. The number of nitrogens with one attached hydrogen (secondary N) is 2. The molecule has 0 bridgehead atoms. The van der Waals surface area contributed by atoms with Crippen molar-refractivity contribution in [3.8, 4) is 0 Å². The van der Waals surface area contributed by atoms with E-state index in [2.05, 4.69) is 15.3 Å². The Labute approximate surface area is 169 Å². The summed E-state index contributed by atoms with van der Waals surface area (Å²) in [5.41, 5.74) is 8.94. The molecule has 2 aromatic carbocycles. The summed E-state index contributed by atoms with van der Waals surface area (Å²) in [6.07, 6.45) is -0.0386. The third kappa shape index (κ3) is 5.87. The van der Waals surface area contributed by atoms with Crippen molar-refractivity contribution >= 4 is 35.8 Å². The van der Waals surface area contributed by atoms with E-state index in [9.17, 15) is 8.78 Å². The van der Waals surface area contributed by atoms with E-state index in [1.165, 1.54) is 12.1 Å². The molecular formula is C19H24Cl2F2N4. The second kappa shape index (κ2) is 9.99. The maximum Gasteiger partial charge on any atom is 0.126 e. The van der Waals surface area contributed by atoms with E-state index in [1.807, 2.05) is 19.9 Å². The van der Waals surface area contributed by atoms with Crippen molar-refractivity contribution in [2.45, 2.75) is 38.9 Å². The molecule has 1 unspecified atom stereocenters. The third-order valence-electron chi connectivity index (χ3n) is 4.21. The number of aromatic amines is 1. The van der Waals surface area contributed by atoms with Gasteiger partial charge in [-0.05, 0) is 35.2 Å². The molecular weight excluding hydrogens is 393 g/mol. The van der Waals surface area contributed by atoms with Gasteiger partial charge in [0.2, 0.25) is 0 Å². The van der Waals surface area contributed by atoms with Crippen LogP contribution in [0.25, 0.3) is 11.0 Å². The molecule has 8 heteroatoms. The average molecular weight is 417 g/mol. The maximum absolute atomic E-state index is 14.2. The smallest absolute Gasteiger partial charge is 0.126 e. The van der Waals surface area contributed by atoms with Gasteiger partial charge in [-0.15, -0.1) is 24.8 Å². The van der Waals surface area contributed by atoms with E-state index in [-0.39, 0.29) is 42.4 Å². The van der Waals surface area contributed by atoms with E-state index >= 15 is 0 Å². The van der Waals surface area contributed by atoms with Crippen LogP contribution in [0, 0.1) is 11.6 Å². The Bertz CT molecular complexity index is 883. The van der Waals surface area contributed by atoms with E-state index in [0.717, 1.165) is 11.1 Å². The zero-order valence-corrected chi connectivity index (χ0v) is 16.8. The number of imidazole rings is 1. The predicted molar refractivity (Wildman–Crippen MR) is 110 cm³/mol. The molecule has 148 valence electrons. The van der Waals surface area contributed by atoms with Crippen molar-refractivity contribution in [2.24, 2.45) is 5.73 Å². The molecule has 1 heterocycles. The fourth-order valence-corrected chi connectivity index (χ4v) is 2.74. The summed E-state index contributed by atoms with van der Waals surface area (Å²) in [5.74, 6) is 0.387. The van der Waals surface area contributed by atoms with Crippen LogP contribution >= 0.6 is 24.8 Å². The molecule has 1 atom stereocenters. The molecule has 3 rings (SSSR count). The van der Waals surface area contributed by atoms with Crippen molar-refractivity contribution in [3.63, 3.8) is 0 Å². The molecule has 1 aromatic heterocycles. The fourth-order valence-electron chi connectivity index (χ4n) is 2.74. The van der Waals surface area contributed by atoms with Crippen LogP contribution in [0.3, 0.4) is 0 Å².